The predicted octanol–water partition coefficient (Wildman–Crippen LogP) is 2.95. The van der Waals surface area contributed by atoms with Crippen LogP contribution in [0.25, 0.3) is 0 Å². The van der Waals surface area contributed by atoms with Crippen molar-refractivity contribution in [2.75, 3.05) is 13.7 Å². The average molecular weight is 372 g/mol. The van der Waals surface area contributed by atoms with Gasteiger partial charge in [-0.1, -0.05) is 19.3 Å². The van der Waals surface area contributed by atoms with Gasteiger partial charge in [0.25, 0.3) is 11.9 Å². The van der Waals surface area contributed by atoms with Gasteiger partial charge in [-0.2, -0.15) is 5.10 Å². The van der Waals surface area contributed by atoms with E-state index in [1.807, 2.05) is 0 Å². The standard InChI is InChI=1S/C20H28N4O3/c1-26-19-9-8-18(27-19)20(25)21-13-15-12-17-14-23(10-5-11-24(17)22-15)16-6-3-2-4-7-16/h8-9,12,16H,2-7,10-11,13-14H2,1H3,(H,21,25). The number of methoxy groups -OCH3 is 1. The molecule has 0 radical (unpaired) electrons. The van der Waals surface area contributed by atoms with Crippen LogP contribution in [-0.2, 0) is 19.6 Å². The van der Waals surface area contributed by atoms with Gasteiger partial charge in [-0.3, -0.25) is 14.4 Å². The third-order valence-electron chi connectivity index (χ3n) is 5.62. The highest BCUT2D eigenvalue weighted by molar-refractivity contribution is 5.91. The summed E-state index contributed by atoms with van der Waals surface area (Å²) in [5.41, 5.74) is 2.14. The molecule has 27 heavy (non-hydrogen) atoms. The molecular formula is C20H28N4O3. The number of aromatic nitrogens is 2. The van der Waals surface area contributed by atoms with Gasteiger partial charge in [-0.05, 0) is 31.4 Å². The smallest absolute Gasteiger partial charge is 0.287 e. The van der Waals surface area contributed by atoms with Crippen molar-refractivity contribution in [3.8, 4) is 5.95 Å². The van der Waals surface area contributed by atoms with Gasteiger partial charge < -0.3 is 14.5 Å². The highest BCUT2D eigenvalue weighted by atomic mass is 16.6. The molecule has 1 fully saturated rings. The van der Waals surface area contributed by atoms with Crippen LogP contribution in [0.2, 0.25) is 0 Å². The van der Waals surface area contributed by atoms with E-state index in [1.54, 1.807) is 12.1 Å². The van der Waals surface area contributed by atoms with Crippen LogP contribution in [0.5, 0.6) is 5.95 Å². The van der Waals surface area contributed by atoms with E-state index < -0.39 is 0 Å². The second kappa shape index (κ2) is 8.17. The van der Waals surface area contributed by atoms with Crippen molar-refractivity contribution >= 4 is 5.91 Å². The van der Waals surface area contributed by atoms with Gasteiger partial charge in [0.1, 0.15) is 0 Å². The van der Waals surface area contributed by atoms with Crippen LogP contribution in [0.4, 0.5) is 0 Å². The van der Waals surface area contributed by atoms with E-state index in [1.165, 1.54) is 44.9 Å². The van der Waals surface area contributed by atoms with Gasteiger partial charge in [0.15, 0.2) is 5.76 Å². The molecule has 1 N–H and O–H groups in total. The van der Waals surface area contributed by atoms with Crippen LogP contribution in [0, 0.1) is 0 Å². The lowest BCUT2D eigenvalue weighted by atomic mass is 9.94. The maximum atomic E-state index is 12.2. The summed E-state index contributed by atoms with van der Waals surface area (Å²) in [7, 11) is 1.51. The molecule has 0 saturated heterocycles. The molecule has 1 aliphatic heterocycles. The Morgan fingerprint density at radius 1 is 1.26 bits per heavy atom. The average Bonchev–Trinajstić information content (AvgIpc) is 3.29. The number of furan rings is 1. The molecule has 1 saturated carbocycles. The summed E-state index contributed by atoms with van der Waals surface area (Å²) in [6.07, 6.45) is 7.87. The number of nitrogens with one attached hydrogen (secondary N) is 1. The van der Waals surface area contributed by atoms with Gasteiger partial charge in [-0.15, -0.1) is 0 Å². The Morgan fingerprint density at radius 3 is 2.89 bits per heavy atom. The summed E-state index contributed by atoms with van der Waals surface area (Å²) >= 11 is 0. The number of carbonyl (C=O) groups excluding carboxylic acids is 1. The molecule has 0 atom stereocenters. The third kappa shape index (κ3) is 4.18. The van der Waals surface area contributed by atoms with Crippen LogP contribution < -0.4 is 10.1 Å². The molecular weight excluding hydrogens is 344 g/mol. The zero-order valence-corrected chi connectivity index (χ0v) is 15.9. The second-order valence-corrected chi connectivity index (χ2v) is 7.47. The lowest BCUT2D eigenvalue weighted by Crippen LogP contribution is -2.36. The highest BCUT2D eigenvalue weighted by Gasteiger charge is 2.24. The Kier molecular flexibility index (Phi) is 5.48. The lowest BCUT2D eigenvalue weighted by Gasteiger charge is -2.33. The number of fused-ring (bicyclic) bond motifs is 1. The monoisotopic (exact) mass is 372 g/mol. The number of hydrogen-bond donors (Lipinski definition) is 1. The van der Waals surface area contributed by atoms with E-state index in [0.717, 1.165) is 37.8 Å². The van der Waals surface area contributed by atoms with Crippen LogP contribution in [0.15, 0.2) is 22.6 Å². The van der Waals surface area contributed by atoms with Crippen molar-refractivity contribution in [1.82, 2.24) is 20.0 Å². The molecule has 0 aromatic carbocycles. The van der Waals surface area contributed by atoms with E-state index in [0.29, 0.717) is 12.5 Å². The summed E-state index contributed by atoms with van der Waals surface area (Å²) in [5, 5.41) is 7.57. The Labute approximate surface area is 159 Å². The van der Waals surface area contributed by atoms with Crippen molar-refractivity contribution in [2.45, 2.75) is 64.2 Å². The maximum Gasteiger partial charge on any atom is 0.287 e. The summed E-state index contributed by atoms with van der Waals surface area (Å²) in [4.78, 5) is 14.8. The number of aryl methyl sites for hydroxylation is 1. The van der Waals surface area contributed by atoms with Gasteiger partial charge in [0.2, 0.25) is 0 Å². The number of carbonyl (C=O) groups is 1. The van der Waals surface area contributed by atoms with Gasteiger partial charge in [-0.25, -0.2) is 0 Å². The van der Waals surface area contributed by atoms with E-state index in [4.69, 9.17) is 14.3 Å². The number of hydrogen-bond acceptors (Lipinski definition) is 5. The largest absolute Gasteiger partial charge is 0.468 e. The fourth-order valence-corrected chi connectivity index (χ4v) is 4.20. The molecule has 146 valence electrons. The van der Waals surface area contributed by atoms with Crippen LogP contribution >= 0.6 is 0 Å². The first-order valence-corrected chi connectivity index (χ1v) is 9.94. The molecule has 0 spiro atoms. The molecule has 2 aliphatic rings. The van der Waals surface area contributed by atoms with Gasteiger partial charge >= 0.3 is 0 Å². The number of nitrogens with zero attached hydrogens (tertiary/aromatic N) is 3. The summed E-state index contributed by atoms with van der Waals surface area (Å²) < 4.78 is 12.4. The maximum absolute atomic E-state index is 12.2. The van der Waals surface area contributed by atoms with E-state index >= 15 is 0 Å². The molecule has 2 aromatic heterocycles. The van der Waals surface area contributed by atoms with Crippen molar-refractivity contribution in [3.05, 3.63) is 35.3 Å². The Morgan fingerprint density at radius 2 is 2.11 bits per heavy atom. The second-order valence-electron chi connectivity index (χ2n) is 7.47. The lowest BCUT2D eigenvalue weighted by molar-refractivity contribution is 0.0916. The number of ether oxygens (including phenoxy) is 1. The van der Waals surface area contributed by atoms with E-state index in [2.05, 4.69) is 21.0 Å². The minimum absolute atomic E-state index is 0.246. The first-order valence-electron chi connectivity index (χ1n) is 9.94. The van der Waals surface area contributed by atoms with Crippen LogP contribution in [0.3, 0.4) is 0 Å². The zero-order valence-electron chi connectivity index (χ0n) is 15.9. The van der Waals surface area contributed by atoms with E-state index in [-0.39, 0.29) is 11.7 Å². The molecule has 1 aliphatic carbocycles. The van der Waals surface area contributed by atoms with Crippen molar-refractivity contribution in [2.24, 2.45) is 0 Å². The molecule has 2 aromatic rings. The van der Waals surface area contributed by atoms with Gasteiger partial charge in [0, 0.05) is 31.7 Å². The minimum Gasteiger partial charge on any atom is -0.468 e. The molecule has 3 heterocycles. The van der Waals surface area contributed by atoms with Crippen molar-refractivity contribution in [3.63, 3.8) is 0 Å². The quantitative estimate of drug-likeness (QED) is 0.874. The molecule has 1 amide bonds. The Hall–Kier alpha value is -2.28. The first kappa shape index (κ1) is 18.1. The third-order valence-corrected chi connectivity index (χ3v) is 5.62. The zero-order chi connectivity index (χ0) is 18.6. The van der Waals surface area contributed by atoms with Gasteiger partial charge in [0.05, 0.1) is 25.0 Å². The SMILES string of the molecule is COc1ccc(C(=O)NCc2cc3n(n2)CCCN(C2CCCCC2)C3)o1. The Balaban J connectivity index is 1.37. The predicted molar refractivity (Wildman–Crippen MR) is 101 cm³/mol. The topological polar surface area (TPSA) is 72.5 Å². The van der Waals surface area contributed by atoms with Crippen LogP contribution in [-0.4, -0.2) is 40.3 Å². The summed E-state index contributed by atoms with van der Waals surface area (Å²) in [6.45, 7) is 3.45. The van der Waals surface area contributed by atoms with Crippen molar-refractivity contribution in [1.29, 1.82) is 0 Å². The highest BCUT2D eigenvalue weighted by Crippen LogP contribution is 2.26. The number of rotatable bonds is 5. The fraction of sp³-hybridized carbons (Fsp3) is 0.600. The molecule has 4 rings (SSSR count). The van der Waals surface area contributed by atoms with Crippen LogP contribution in [0.1, 0.15) is 60.5 Å². The van der Waals surface area contributed by atoms with Crippen molar-refractivity contribution < 1.29 is 13.9 Å². The normalized spacial score (nSPS) is 18.7. The molecule has 7 heteroatoms. The Bertz CT molecular complexity index is 776. The molecule has 0 bridgehead atoms. The van der Waals surface area contributed by atoms with E-state index in [9.17, 15) is 4.79 Å². The molecule has 0 unspecified atom stereocenters. The fourth-order valence-electron chi connectivity index (χ4n) is 4.20. The first-order chi connectivity index (χ1) is 13.2. The summed E-state index contributed by atoms with van der Waals surface area (Å²) in [6, 6.07) is 6.09. The number of amides is 1. The minimum atomic E-state index is -0.259. The summed E-state index contributed by atoms with van der Waals surface area (Å²) in [5.74, 6) is 0.318. The molecule has 7 nitrogen and oxygen atoms in total.